The summed E-state index contributed by atoms with van der Waals surface area (Å²) in [5, 5.41) is 9.22. The number of carbonyl (C=O) groups is 1. The molecule has 0 saturated heterocycles. The van der Waals surface area contributed by atoms with E-state index in [9.17, 15) is 4.79 Å². The third kappa shape index (κ3) is 3.07. The summed E-state index contributed by atoms with van der Waals surface area (Å²) < 4.78 is 1.70. The number of aromatic nitrogens is 3. The molecule has 1 amide bonds. The second-order valence-electron chi connectivity index (χ2n) is 6.15. The fraction of sp³-hybridized carbons (Fsp3) is 0.0952. The summed E-state index contributed by atoms with van der Waals surface area (Å²) in [5.74, 6) is -0.0744. The van der Waals surface area contributed by atoms with E-state index in [-0.39, 0.29) is 11.9 Å². The molecule has 4 aromatic rings. The number of fused-ring (bicyclic) bond motifs is 1. The fourth-order valence-electron chi connectivity index (χ4n) is 3.04. The van der Waals surface area contributed by atoms with Crippen molar-refractivity contribution < 1.29 is 4.79 Å². The van der Waals surface area contributed by atoms with Crippen LogP contribution in [0.25, 0.3) is 16.5 Å². The summed E-state index contributed by atoms with van der Waals surface area (Å²) >= 11 is 0. The lowest BCUT2D eigenvalue weighted by Gasteiger charge is -2.16. The summed E-state index contributed by atoms with van der Waals surface area (Å²) in [4.78, 5) is 16.7. The van der Waals surface area contributed by atoms with Gasteiger partial charge in [-0.2, -0.15) is 5.10 Å². The molecule has 0 radical (unpaired) electrons. The maximum absolute atomic E-state index is 12.8. The molecule has 0 aliphatic carbocycles. The summed E-state index contributed by atoms with van der Waals surface area (Å²) in [7, 11) is 0. The minimum atomic E-state index is -0.105. The third-order valence-electron chi connectivity index (χ3n) is 4.46. The Kier molecular flexibility index (Phi) is 4.19. The normalized spacial score (nSPS) is 12.0. The lowest BCUT2D eigenvalue weighted by atomic mass is 10.0. The van der Waals surface area contributed by atoms with E-state index < -0.39 is 0 Å². The molecule has 4 rings (SSSR count). The van der Waals surface area contributed by atoms with Crippen molar-refractivity contribution in [3.63, 3.8) is 0 Å². The van der Waals surface area contributed by atoms with Gasteiger partial charge in [-0.05, 0) is 41.5 Å². The molecule has 1 unspecified atom stereocenters. The molecule has 1 heterocycles. The van der Waals surface area contributed by atoms with E-state index in [1.807, 2.05) is 73.7 Å². The highest BCUT2D eigenvalue weighted by Crippen LogP contribution is 2.20. The zero-order valence-electron chi connectivity index (χ0n) is 14.3. The van der Waals surface area contributed by atoms with Crippen LogP contribution in [0.1, 0.15) is 28.9 Å². The van der Waals surface area contributed by atoms with Gasteiger partial charge in [0.1, 0.15) is 12.7 Å². The van der Waals surface area contributed by atoms with Crippen molar-refractivity contribution >= 4 is 16.7 Å². The lowest BCUT2D eigenvalue weighted by Crippen LogP contribution is -2.26. The first-order valence-corrected chi connectivity index (χ1v) is 8.46. The number of carbonyl (C=O) groups excluding carboxylic acids is 1. The zero-order chi connectivity index (χ0) is 17.9. The van der Waals surface area contributed by atoms with Crippen molar-refractivity contribution in [1.82, 2.24) is 20.1 Å². The smallest absolute Gasteiger partial charge is 0.252 e. The van der Waals surface area contributed by atoms with E-state index in [0.717, 1.165) is 22.0 Å². The van der Waals surface area contributed by atoms with Gasteiger partial charge in [-0.15, -0.1) is 0 Å². The highest BCUT2D eigenvalue weighted by molar-refractivity contribution is 6.07. The molecule has 0 fully saturated rings. The van der Waals surface area contributed by atoms with Crippen LogP contribution in [-0.2, 0) is 0 Å². The molecule has 1 atom stereocenters. The molecule has 128 valence electrons. The van der Waals surface area contributed by atoms with Crippen LogP contribution in [0.5, 0.6) is 0 Å². The number of nitrogens with one attached hydrogen (secondary N) is 1. The number of nitrogens with zero attached hydrogens (tertiary/aromatic N) is 3. The van der Waals surface area contributed by atoms with Crippen LogP contribution in [-0.4, -0.2) is 20.7 Å². The predicted molar refractivity (Wildman–Crippen MR) is 101 cm³/mol. The van der Waals surface area contributed by atoms with Gasteiger partial charge in [0, 0.05) is 5.56 Å². The van der Waals surface area contributed by atoms with Gasteiger partial charge in [-0.25, -0.2) is 9.67 Å². The first-order valence-electron chi connectivity index (χ1n) is 8.46. The van der Waals surface area contributed by atoms with Gasteiger partial charge in [0.2, 0.25) is 0 Å². The number of hydrogen-bond donors (Lipinski definition) is 1. The van der Waals surface area contributed by atoms with E-state index in [2.05, 4.69) is 15.4 Å². The lowest BCUT2D eigenvalue weighted by molar-refractivity contribution is 0.0941. The largest absolute Gasteiger partial charge is 0.345 e. The second-order valence-corrected chi connectivity index (χ2v) is 6.15. The van der Waals surface area contributed by atoms with Crippen molar-refractivity contribution in [3.8, 4) is 5.69 Å². The minimum Gasteiger partial charge on any atom is -0.345 e. The highest BCUT2D eigenvalue weighted by Gasteiger charge is 2.14. The SMILES string of the molecule is CC(NC(=O)c1cccc2ccccc12)c1ccc(-n2cncn2)cc1. The summed E-state index contributed by atoms with van der Waals surface area (Å²) in [6.07, 6.45) is 3.15. The Labute approximate surface area is 151 Å². The monoisotopic (exact) mass is 342 g/mol. The van der Waals surface area contributed by atoms with Crippen LogP contribution in [0.15, 0.2) is 79.4 Å². The van der Waals surface area contributed by atoms with Crippen molar-refractivity contribution in [3.05, 3.63) is 90.5 Å². The summed E-state index contributed by atoms with van der Waals surface area (Å²) in [6, 6.07) is 21.5. The van der Waals surface area contributed by atoms with E-state index in [0.29, 0.717) is 5.56 Å². The van der Waals surface area contributed by atoms with E-state index in [1.54, 1.807) is 11.0 Å². The Morgan fingerprint density at radius 3 is 2.54 bits per heavy atom. The van der Waals surface area contributed by atoms with E-state index in [1.165, 1.54) is 6.33 Å². The standard InChI is InChI=1S/C21H18N4O/c1-15(16-9-11-18(12-10-16)25-14-22-13-23-25)24-21(26)20-8-4-6-17-5-2-3-7-19(17)20/h2-15H,1H3,(H,24,26). The van der Waals surface area contributed by atoms with Crippen LogP contribution >= 0.6 is 0 Å². The van der Waals surface area contributed by atoms with Crippen LogP contribution < -0.4 is 5.32 Å². The van der Waals surface area contributed by atoms with Crippen molar-refractivity contribution in [2.24, 2.45) is 0 Å². The summed E-state index contributed by atoms with van der Waals surface area (Å²) in [5.41, 5.74) is 2.65. The maximum atomic E-state index is 12.8. The molecule has 0 aliphatic heterocycles. The Bertz CT molecular complexity index is 1030. The zero-order valence-corrected chi connectivity index (χ0v) is 14.3. The number of amides is 1. The third-order valence-corrected chi connectivity index (χ3v) is 4.46. The average molecular weight is 342 g/mol. The number of rotatable bonds is 4. The van der Waals surface area contributed by atoms with Gasteiger partial charge in [0.15, 0.2) is 0 Å². The molecule has 1 aromatic heterocycles. The highest BCUT2D eigenvalue weighted by atomic mass is 16.1. The topological polar surface area (TPSA) is 59.8 Å². The molecule has 26 heavy (non-hydrogen) atoms. The molecule has 0 aliphatic rings. The quantitative estimate of drug-likeness (QED) is 0.612. The Morgan fingerprint density at radius 1 is 1.00 bits per heavy atom. The van der Waals surface area contributed by atoms with Crippen LogP contribution in [0, 0.1) is 0 Å². The van der Waals surface area contributed by atoms with E-state index in [4.69, 9.17) is 0 Å². The molecule has 5 heteroatoms. The van der Waals surface area contributed by atoms with Gasteiger partial charge in [0.25, 0.3) is 5.91 Å². The van der Waals surface area contributed by atoms with Gasteiger partial charge < -0.3 is 5.32 Å². The summed E-state index contributed by atoms with van der Waals surface area (Å²) in [6.45, 7) is 1.98. The van der Waals surface area contributed by atoms with Crippen LogP contribution in [0.4, 0.5) is 0 Å². The molecular formula is C21H18N4O. The Morgan fingerprint density at radius 2 is 1.77 bits per heavy atom. The Balaban J connectivity index is 1.54. The fourth-order valence-corrected chi connectivity index (χ4v) is 3.04. The molecule has 1 N–H and O–H groups in total. The number of benzene rings is 3. The Hall–Kier alpha value is -3.47. The van der Waals surface area contributed by atoms with Crippen molar-refractivity contribution in [2.45, 2.75) is 13.0 Å². The molecule has 0 bridgehead atoms. The van der Waals surface area contributed by atoms with Gasteiger partial charge >= 0.3 is 0 Å². The van der Waals surface area contributed by atoms with Gasteiger partial charge in [-0.1, -0.05) is 48.5 Å². The first kappa shape index (κ1) is 16.0. The second kappa shape index (κ2) is 6.80. The van der Waals surface area contributed by atoms with Gasteiger partial charge in [-0.3, -0.25) is 4.79 Å². The molecule has 0 spiro atoms. The minimum absolute atomic E-state index is 0.0744. The molecule has 3 aromatic carbocycles. The number of hydrogen-bond acceptors (Lipinski definition) is 3. The van der Waals surface area contributed by atoms with Gasteiger partial charge in [0.05, 0.1) is 11.7 Å². The van der Waals surface area contributed by atoms with Crippen molar-refractivity contribution in [1.29, 1.82) is 0 Å². The predicted octanol–water partition coefficient (Wildman–Crippen LogP) is 3.91. The maximum Gasteiger partial charge on any atom is 0.252 e. The van der Waals surface area contributed by atoms with Crippen molar-refractivity contribution in [2.75, 3.05) is 0 Å². The van der Waals surface area contributed by atoms with E-state index >= 15 is 0 Å². The molecule has 0 saturated carbocycles. The van der Waals surface area contributed by atoms with Crippen LogP contribution in [0.2, 0.25) is 0 Å². The average Bonchev–Trinajstić information content (AvgIpc) is 3.22. The van der Waals surface area contributed by atoms with Crippen LogP contribution in [0.3, 0.4) is 0 Å². The molecule has 5 nitrogen and oxygen atoms in total. The first-order chi connectivity index (χ1) is 12.7. The molecular weight excluding hydrogens is 324 g/mol.